The summed E-state index contributed by atoms with van der Waals surface area (Å²) in [5.74, 6) is -0.182. The number of rotatable bonds is 5. The number of quaternary nitrogens is 1. The number of hydrogen-bond donors (Lipinski definition) is 2. The Hall–Kier alpha value is -2.22. The van der Waals surface area contributed by atoms with Crippen molar-refractivity contribution in [2.24, 2.45) is 0 Å². The van der Waals surface area contributed by atoms with E-state index in [9.17, 15) is 13.2 Å². The number of nitrogens with zero attached hydrogens (tertiary/aromatic N) is 1. The van der Waals surface area contributed by atoms with Crippen LogP contribution >= 0.6 is 0 Å². The van der Waals surface area contributed by atoms with Gasteiger partial charge in [-0.15, -0.1) is 0 Å². The van der Waals surface area contributed by atoms with Gasteiger partial charge in [0, 0.05) is 18.2 Å². The second-order valence-electron chi connectivity index (χ2n) is 6.52. The highest BCUT2D eigenvalue weighted by Crippen LogP contribution is 2.18. The molecular weight excluding hydrogens is 350 g/mol. The Morgan fingerprint density at radius 1 is 1.04 bits per heavy atom. The highest BCUT2D eigenvalue weighted by atomic mass is 32.2. The van der Waals surface area contributed by atoms with Gasteiger partial charge in [-0.1, -0.05) is 30.3 Å². The van der Waals surface area contributed by atoms with Gasteiger partial charge >= 0.3 is 0 Å². The number of carbonyl (C=O) groups is 1. The maximum Gasteiger partial charge on any atom is 0.243 e. The van der Waals surface area contributed by atoms with Gasteiger partial charge in [0.1, 0.15) is 6.54 Å². The molecule has 7 heteroatoms. The molecule has 0 atom stereocenters. The van der Waals surface area contributed by atoms with E-state index in [0.29, 0.717) is 18.8 Å². The maximum atomic E-state index is 12.8. The van der Waals surface area contributed by atoms with E-state index in [0.717, 1.165) is 19.6 Å². The normalized spacial score (nSPS) is 16.3. The number of anilines is 1. The van der Waals surface area contributed by atoms with E-state index in [2.05, 4.69) is 17.4 Å². The number of benzene rings is 2. The van der Waals surface area contributed by atoms with Gasteiger partial charge < -0.3 is 10.2 Å². The Balaban J connectivity index is 1.61. The summed E-state index contributed by atoms with van der Waals surface area (Å²) in [6, 6.07) is 16.6. The van der Waals surface area contributed by atoms with Crippen LogP contribution in [0.25, 0.3) is 0 Å². The summed E-state index contributed by atoms with van der Waals surface area (Å²) in [4.78, 5) is 12.7. The molecule has 0 aliphatic carbocycles. The first-order valence-corrected chi connectivity index (χ1v) is 10.1. The first-order valence-electron chi connectivity index (χ1n) is 8.70. The van der Waals surface area contributed by atoms with Crippen molar-refractivity contribution in [3.05, 3.63) is 60.2 Å². The third kappa shape index (κ3) is 4.49. The van der Waals surface area contributed by atoms with Gasteiger partial charge in [-0.25, -0.2) is 8.42 Å². The van der Waals surface area contributed by atoms with Gasteiger partial charge in [-0.3, -0.25) is 4.79 Å². The summed E-state index contributed by atoms with van der Waals surface area (Å²) in [6.07, 6.45) is 0. The molecule has 0 saturated carbocycles. The Labute approximate surface area is 154 Å². The fourth-order valence-electron chi connectivity index (χ4n) is 3.17. The summed E-state index contributed by atoms with van der Waals surface area (Å²) in [6.45, 7) is 4.94. The highest BCUT2D eigenvalue weighted by Gasteiger charge is 2.30. The molecule has 1 saturated heterocycles. The molecule has 2 aromatic rings. The van der Waals surface area contributed by atoms with Crippen molar-refractivity contribution in [2.75, 3.05) is 31.5 Å². The molecule has 1 aliphatic rings. The van der Waals surface area contributed by atoms with E-state index in [1.54, 1.807) is 28.6 Å². The molecule has 1 heterocycles. The second kappa shape index (κ2) is 7.99. The van der Waals surface area contributed by atoms with Crippen molar-refractivity contribution in [2.45, 2.75) is 18.4 Å². The van der Waals surface area contributed by atoms with Crippen molar-refractivity contribution < 1.29 is 18.1 Å². The van der Waals surface area contributed by atoms with Crippen LogP contribution in [0.15, 0.2) is 59.5 Å². The van der Waals surface area contributed by atoms with Crippen LogP contribution in [-0.4, -0.2) is 44.8 Å². The van der Waals surface area contributed by atoms with Crippen LogP contribution in [0.5, 0.6) is 0 Å². The van der Waals surface area contributed by atoms with Crippen LogP contribution < -0.4 is 10.2 Å². The SMILES string of the molecule is CC(=O)Nc1ccc(S(=O)(=O)N2CC[NH+](Cc3ccccc3)CC2)cc1. The summed E-state index contributed by atoms with van der Waals surface area (Å²) in [7, 11) is -3.50. The fourth-order valence-corrected chi connectivity index (χ4v) is 4.61. The number of sulfonamides is 1. The Bertz CT molecular complexity index is 843. The molecule has 6 nitrogen and oxygen atoms in total. The zero-order valence-corrected chi connectivity index (χ0v) is 15.6. The van der Waals surface area contributed by atoms with Crippen LogP contribution in [0, 0.1) is 0 Å². The molecule has 0 spiro atoms. The quantitative estimate of drug-likeness (QED) is 0.811. The van der Waals surface area contributed by atoms with E-state index >= 15 is 0 Å². The lowest BCUT2D eigenvalue weighted by Gasteiger charge is -2.31. The van der Waals surface area contributed by atoms with Gasteiger partial charge in [-0.2, -0.15) is 4.31 Å². The molecule has 3 rings (SSSR count). The van der Waals surface area contributed by atoms with Crippen LogP contribution in [0.1, 0.15) is 12.5 Å². The molecule has 0 unspecified atom stereocenters. The number of amides is 1. The van der Waals surface area contributed by atoms with Gasteiger partial charge in [0.2, 0.25) is 15.9 Å². The summed E-state index contributed by atoms with van der Waals surface area (Å²) in [5.41, 5.74) is 1.86. The zero-order chi connectivity index (χ0) is 18.6. The minimum absolute atomic E-state index is 0.182. The largest absolute Gasteiger partial charge is 0.329 e. The molecule has 1 fully saturated rings. The highest BCUT2D eigenvalue weighted by molar-refractivity contribution is 7.89. The predicted octanol–water partition coefficient (Wildman–Crippen LogP) is 0.734. The first-order chi connectivity index (χ1) is 12.4. The standard InChI is InChI=1S/C19H23N3O3S/c1-16(23)20-18-7-9-19(10-8-18)26(24,25)22-13-11-21(12-14-22)15-17-5-3-2-4-6-17/h2-10H,11-15H2,1H3,(H,20,23)/p+1. The zero-order valence-electron chi connectivity index (χ0n) is 14.8. The van der Waals surface area contributed by atoms with Gasteiger partial charge in [0.15, 0.2) is 0 Å². The average Bonchev–Trinajstić information content (AvgIpc) is 2.63. The third-order valence-electron chi connectivity index (χ3n) is 4.54. The molecule has 0 bridgehead atoms. The van der Waals surface area contributed by atoms with Gasteiger partial charge in [0.25, 0.3) is 0 Å². The molecule has 2 aromatic carbocycles. The smallest absolute Gasteiger partial charge is 0.243 e. The minimum Gasteiger partial charge on any atom is -0.329 e. The van der Waals surface area contributed by atoms with E-state index in [1.807, 2.05) is 18.2 Å². The van der Waals surface area contributed by atoms with E-state index in [4.69, 9.17) is 0 Å². The van der Waals surface area contributed by atoms with E-state index in [1.165, 1.54) is 17.4 Å². The Kier molecular flexibility index (Phi) is 5.70. The molecule has 1 aliphatic heterocycles. The number of piperazine rings is 1. The monoisotopic (exact) mass is 374 g/mol. The fraction of sp³-hybridized carbons (Fsp3) is 0.316. The Morgan fingerprint density at radius 3 is 2.23 bits per heavy atom. The van der Waals surface area contributed by atoms with Crippen molar-refractivity contribution in [3.8, 4) is 0 Å². The lowest BCUT2D eigenvalue weighted by atomic mass is 10.2. The number of nitrogens with one attached hydrogen (secondary N) is 2. The minimum atomic E-state index is -3.50. The van der Waals surface area contributed by atoms with Crippen molar-refractivity contribution in [1.29, 1.82) is 0 Å². The van der Waals surface area contributed by atoms with E-state index < -0.39 is 10.0 Å². The van der Waals surface area contributed by atoms with Crippen LogP contribution in [0.3, 0.4) is 0 Å². The van der Waals surface area contributed by atoms with Crippen molar-refractivity contribution >= 4 is 21.6 Å². The van der Waals surface area contributed by atoms with Gasteiger partial charge in [0.05, 0.1) is 31.1 Å². The number of hydrogen-bond acceptors (Lipinski definition) is 3. The summed E-state index contributed by atoms with van der Waals surface area (Å²) < 4.78 is 27.2. The van der Waals surface area contributed by atoms with Crippen LogP contribution in [-0.2, 0) is 21.4 Å². The number of carbonyl (C=O) groups excluding carboxylic acids is 1. The van der Waals surface area contributed by atoms with Crippen LogP contribution in [0.4, 0.5) is 5.69 Å². The predicted molar refractivity (Wildman–Crippen MR) is 100 cm³/mol. The summed E-state index contributed by atoms with van der Waals surface area (Å²) in [5, 5.41) is 2.64. The first kappa shape index (κ1) is 18.6. The van der Waals surface area contributed by atoms with E-state index in [-0.39, 0.29) is 10.8 Å². The van der Waals surface area contributed by atoms with Crippen molar-refractivity contribution in [1.82, 2.24) is 4.31 Å². The lowest BCUT2D eigenvalue weighted by molar-refractivity contribution is -0.917. The molecule has 2 N–H and O–H groups in total. The maximum absolute atomic E-state index is 12.8. The molecule has 1 amide bonds. The van der Waals surface area contributed by atoms with Crippen molar-refractivity contribution in [3.63, 3.8) is 0 Å². The molecule has 0 aromatic heterocycles. The lowest BCUT2D eigenvalue weighted by Crippen LogP contribution is -3.13. The second-order valence-corrected chi connectivity index (χ2v) is 8.46. The average molecular weight is 374 g/mol. The van der Waals surface area contributed by atoms with Crippen LogP contribution in [0.2, 0.25) is 0 Å². The topological polar surface area (TPSA) is 70.9 Å². The third-order valence-corrected chi connectivity index (χ3v) is 6.45. The molecule has 0 radical (unpaired) electrons. The Morgan fingerprint density at radius 2 is 1.65 bits per heavy atom. The summed E-state index contributed by atoms with van der Waals surface area (Å²) >= 11 is 0. The molecular formula is C19H24N3O3S+. The molecule has 26 heavy (non-hydrogen) atoms. The van der Waals surface area contributed by atoms with Gasteiger partial charge in [-0.05, 0) is 24.3 Å². The molecule has 138 valence electrons.